The zero-order valence-electron chi connectivity index (χ0n) is 16.3. The van der Waals surface area contributed by atoms with Gasteiger partial charge in [0, 0.05) is 16.9 Å². The smallest absolute Gasteiger partial charge is 0.263 e. The largest absolute Gasteiger partial charge is 0.322 e. The van der Waals surface area contributed by atoms with Crippen LogP contribution >= 0.6 is 11.6 Å². The summed E-state index contributed by atoms with van der Waals surface area (Å²) in [4.78, 5) is 12.6. The van der Waals surface area contributed by atoms with Crippen LogP contribution in [0.15, 0.2) is 65.6 Å². The number of amides is 1. The number of hydrogen-bond acceptors (Lipinski definition) is 3. The summed E-state index contributed by atoms with van der Waals surface area (Å²) in [6, 6.07) is 16.9. The van der Waals surface area contributed by atoms with Gasteiger partial charge in [0.2, 0.25) is 0 Å². The van der Waals surface area contributed by atoms with Crippen LogP contribution in [0.5, 0.6) is 0 Å². The summed E-state index contributed by atoms with van der Waals surface area (Å²) in [7, 11) is -3.97. The van der Waals surface area contributed by atoms with E-state index in [1.165, 1.54) is 18.2 Å². The summed E-state index contributed by atoms with van der Waals surface area (Å²) < 4.78 is 28.2. The van der Waals surface area contributed by atoms with Crippen molar-refractivity contribution in [3.05, 3.63) is 87.9 Å². The van der Waals surface area contributed by atoms with Gasteiger partial charge in [-0.05, 0) is 67.8 Å². The minimum absolute atomic E-state index is 0.0359. The summed E-state index contributed by atoms with van der Waals surface area (Å²) >= 11 is 6.14. The van der Waals surface area contributed by atoms with E-state index in [0.29, 0.717) is 11.4 Å². The van der Waals surface area contributed by atoms with Crippen molar-refractivity contribution in [2.75, 3.05) is 10.0 Å². The molecule has 0 saturated carbocycles. The molecule has 0 fully saturated rings. The summed E-state index contributed by atoms with van der Waals surface area (Å²) in [6.07, 6.45) is 0. The number of nitrogens with one attached hydrogen (secondary N) is 2. The number of halogens is 1. The quantitative estimate of drug-likeness (QED) is 0.577. The number of rotatable bonds is 5. The molecule has 2 N–H and O–H groups in total. The first-order chi connectivity index (χ1) is 13.7. The highest BCUT2D eigenvalue weighted by atomic mass is 35.5. The molecule has 0 aliphatic rings. The van der Waals surface area contributed by atoms with Gasteiger partial charge in [0.25, 0.3) is 15.9 Å². The van der Waals surface area contributed by atoms with Crippen molar-refractivity contribution in [2.24, 2.45) is 0 Å². The SMILES string of the molecule is Cc1cccc(NS(=O)(=O)c2cc(C(=O)Nc3c(C)cccc3C)ccc2Cl)c1. The second kappa shape index (κ2) is 8.27. The second-order valence-corrected chi connectivity index (χ2v) is 8.90. The summed E-state index contributed by atoms with van der Waals surface area (Å²) in [6.45, 7) is 5.65. The van der Waals surface area contributed by atoms with Crippen LogP contribution in [0.25, 0.3) is 0 Å². The second-order valence-electron chi connectivity index (χ2n) is 6.84. The van der Waals surface area contributed by atoms with Gasteiger partial charge in [0.15, 0.2) is 0 Å². The van der Waals surface area contributed by atoms with E-state index in [2.05, 4.69) is 10.0 Å². The molecule has 0 radical (unpaired) electrons. The molecule has 0 aliphatic carbocycles. The van der Waals surface area contributed by atoms with E-state index in [1.54, 1.807) is 18.2 Å². The molecule has 3 aromatic rings. The number of carbonyl (C=O) groups is 1. The number of benzene rings is 3. The Labute approximate surface area is 175 Å². The van der Waals surface area contributed by atoms with Crippen LogP contribution < -0.4 is 10.0 Å². The minimum Gasteiger partial charge on any atom is -0.322 e. The first-order valence-corrected chi connectivity index (χ1v) is 10.8. The fourth-order valence-corrected chi connectivity index (χ4v) is 4.54. The van der Waals surface area contributed by atoms with Crippen molar-refractivity contribution in [2.45, 2.75) is 25.7 Å². The molecule has 150 valence electrons. The van der Waals surface area contributed by atoms with E-state index >= 15 is 0 Å². The molecule has 1 amide bonds. The lowest BCUT2D eigenvalue weighted by Crippen LogP contribution is -2.17. The molecule has 3 rings (SSSR count). The third kappa shape index (κ3) is 4.78. The molecule has 0 spiro atoms. The molecule has 0 atom stereocenters. The average Bonchev–Trinajstić information content (AvgIpc) is 2.64. The van der Waals surface area contributed by atoms with Gasteiger partial charge in [0.1, 0.15) is 4.90 Å². The van der Waals surface area contributed by atoms with Crippen molar-refractivity contribution in [3.63, 3.8) is 0 Å². The van der Waals surface area contributed by atoms with Gasteiger partial charge in [-0.15, -0.1) is 0 Å². The predicted molar refractivity (Wildman–Crippen MR) is 117 cm³/mol. The van der Waals surface area contributed by atoms with E-state index in [4.69, 9.17) is 11.6 Å². The maximum Gasteiger partial charge on any atom is 0.263 e. The highest BCUT2D eigenvalue weighted by Gasteiger charge is 2.21. The lowest BCUT2D eigenvalue weighted by Gasteiger charge is -2.13. The molecule has 0 unspecified atom stereocenters. The Balaban J connectivity index is 1.92. The van der Waals surface area contributed by atoms with E-state index in [1.807, 2.05) is 45.0 Å². The van der Waals surface area contributed by atoms with E-state index in [-0.39, 0.29) is 15.5 Å². The number of para-hydroxylation sites is 1. The molecule has 3 aromatic carbocycles. The van der Waals surface area contributed by atoms with Gasteiger partial charge in [-0.25, -0.2) is 8.42 Å². The number of carbonyl (C=O) groups excluding carboxylic acids is 1. The Kier molecular flexibility index (Phi) is 5.96. The minimum atomic E-state index is -3.97. The third-order valence-electron chi connectivity index (χ3n) is 4.47. The molecule has 0 heterocycles. The first kappa shape index (κ1) is 20.9. The van der Waals surface area contributed by atoms with Gasteiger partial charge in [-0.2, -0.15) is 0 Å². The number of aryl methyl sites for hydroxylation is 3. The Morgan fingerprint density at radius 2 is 1.55 bits per heavy atom. The van der Waals surface area contributed by atoms with Crippen molar-refractivity contribution in [1.29, 1.82) is 0 Å². The van der Waals surface area contributed by atoms with Gasteiger partial charge in [-0.1, -0.05) is 41.9 Å². The molecule has 29 heavy (non-hydrogen) atoms. The summed E-state index contributed by atoms with van der Waals surface area (Å²) in [5.41, 5.74) is 4.07. The monoisotopic (exact) mass is 428 g/mol. The van der Waals surface area contributed by atoms with E-state index < -0.39 is 15.9 Å². The standard InChI is InChI=1S/C22H21ClN2O3S/c1-14-6-4-9-18(12-14)25-29(27,28)20-13-17(10-11-19(20)23)22(26)24-21-15(2)7-5-8-16(21)3/h4-13,25H,1-3H3,(H,24,26). The maximum absolute atomic E-state index is 12.8. The fourth-order valence-electron chi connectivity index (χ4n) is 2.97. The zero-order chi connectivity index (χ0) is 21.2. The van der Waals surface area contributed by atoms with Crippen LogP contribution in [-0.4, -0.2) is 14.3 Å². The van der Waals surface area contributed by atoms with Gasteiger partial charge in [-0.3, -0.25) is 9.52 Å². The van der Waals surface area contributed by atoms with Crippen molar-refractivity contribution >= 4 is 38.9 Å². The number of hydrogen-bond donors (Lipinski definition) is 2. The molecule has 0 saturated heterocycles. The Morgan fingerprint density at radius 1 is 0.897 bits per heavy atom. The van der Waals surface area contributed by atoms with Gasteiger partial charge in [0.05, 0.1) is 5.02 Å². The van der Waals surface area contributed by atoms with Crippen LogP contribution in [0.4, 0.5) is 11.4 Å². The summed E-state index contributed by atoms with van der Waals surface area (Å²) in [5.74, 6) is -0.411. The third-order valence-corrected chi connectivity index (χ3v) is 6.34. The fraction of sp³-hybridized carbons (Fsp3) is 0.136. The highest BCUT2D eigenvalue weighted by molar-refractivity contribution is 7.92. The molecule has 0 aromatic heterocycles. The van der Waals surface area contributed by atoms with Crippen LogP contribution in [0.3, 0.4) is 0 Å². The van der Waals surface area contributed by atoms with Gasteiger partial charge >= 0.3 is 0 Å². The van der Waals surface area contributed by atoms with Crippen LogP contribution in [0.1, 0.15) is 27.0 Å². The number of anilines is 2. The maximum atomic E-state index is 12.8. The highest BCUT2D eigenvalue weighted by Crippen LogP contribution is 2.26. The van der Waals surface area contributed by atoms with Crippen LogP contribution in [0, 0.1) is 20.8 Å². The normalized spacial score (nSPS) is 11.2. The lowest BCUT2D eigenvalue weighted by molar-refractivity contribution is 0.102. The summed E-state index contributed by atoms with van der Waals surface area (Å²) in [5, 5.41) is 2.89. The Bertz CT molecular complexity index is 1170. The van der Waals surface area contributed by atoms with Crippen molar-refractivity contribution < 1.29 is 13.2 Å². The lowest BCUT2D eigenvalue weighted by atomic mass is 10.1. The zero-order valence-corrected chi connectivity index (χ0v) is 17.9. The predicted octanol–water partition coefficient (Wildman–Crippen LogP) is 5.32. The van der Waals surface area contributed by atoms with E-state index in [0.717, 1.165) is 16.7 Å². The van der Waals surface area contributed by atoms with Gasteiger partial charge < -0.3 is 5.32 Å². The first-order valence-electron chi connectivity index (χ1n) is 8.94. The molecular weight excluding hydrogens is 408 g/mol. The van der Waals surface area contributed by atoms with Crippen LogP contribution in [0.2, 0.25) is 5.02 Å². The Hall–Kier alpha value is -2.83. The van der Waals surface area contributed by atoms with Crippen LogP contribution in [-0.2, 0) is 10.0 Å². The van der Waals surface area contributed by atoms with E-state index in [9.17, 15) is 13.2 Å². The molecular formula is C22H21ClN2O3S. The molecule has 5 nitrogen and oxygen atoms in total. The number of sulfonamides is 1. The average molecular weight is 429 g/mol. The molecule has 7 heteroatoms. The Morgan fingerprint density at radius 3 is 2.21 bits per heavy atom. The molecule has 0 bridgehead atoms. The molecule has 0 aliphatic heterocycles. The van der Waals surface area contributed by atoms with Crippen molar-refractivity contribution in [3.8, 4) is 0 Å². The van der Waals surface area contributed by atoms with Crippen molar-refractivity contribution in [1.82, 2.24) is 0 Å². The topological polar surface area (TPSA) is 75.3 Å².